The fourth-order valence-corrected chi connectivity index (χ4v) is 4.57. The highest BCUT2D eigenvalue weighted by Gasteiger charge is 2.43. The summed E-state index contributed by atoms with van der Waals surface area (Å²) in [6.45, 7) is -0.260. The van der Waals surface area contributed by atoms with E-state index >= 15 is 0 Å². The molecule has 7 heteroatoms. The highest BCUT2D eigenvalue weighted by molar-refractivity contribution is 7.89. The summed E-state index contributed by atoms with van der Waals surface area (Å²) < 4.78 is 59.3. The number of halogens is 2. The fourth-order valence-electron chi connectivity index (χ4n) is 3.35. The van der Waals surface area contributed by atoms with Gasteiger partial charge >= 0.3 is 0 Å². The molecule has 1 unspecified atom stereocenters. The molecule has 1 aromatic carbocycles. The molecule has 2 aliphatic rings. The Hall–Kier alpha value is -1.05. The Morgan fingerprint density at radius 3 is 2.65 bits per heavy atom. The Morgan fingerprint density at radius 1 is 1.22 bits per heavy atom. The number of benzene rings is 1. The molecular weight excluding hydrogens is 324 g/mol. The van der Waals surface area contributed by atoms with Crippen LogP contribution in [0.25, 0.3) is 0 Å². The number of nitrogens with one attached hydrogen (secondary N) is 1. The summed E-state index contributed by atoms with van der Waals surface area (Å²) in [5.74, 6) is -1.36. The van der Waals surface area contributed by atoms with Gasteiger partial charge < -0.3 is 4.74 Å². The second kappa shape index (κ2) is 6.45. The van der Waals surface area contributed by atoms with Crippen LogP contribution < -0.4 is 4.72 Å². The Labute approximate surface area is 135 Å². The molecule has 2 fully saturated rings. The largest absolute Gasteiger partial charge is 0.371 e. The predicted molar refractivity (Wildman–Crippen MR) is 82.3 cm³/mol. The quantitative estimate of drug-likeness (QED) is 0.893. The molecule has 1 aliphatic carbocycles. The SMILES string of the molecule is O=S(=O)(CC1CCCC2(CCC2)O1)NCc1cc(F)ccc1F. The van der Waals surface area contributed by atoms with Gasteiger partial charge in [-0.2, -0.15) is 0 Å². The normalized spacial score (nSPS) is 23.7. The molecular formula is C16H21F2NO3S. The molecule has 3 rings (SSSR count). The van der Waals surface area contributed by atoms with E-state index in [1.807, 2.05) is 0 Å². The Morgan fingerprint density at radius 2 is 1.96 bits per heavy atom. The van der Waals surface area contributed by atoms with Crippen molar-refractivity contribution >= 4 is 10.0 Å². The van der Waals surface area contributed by atoms with Crippen LogP contribution in [0.1, 0.15) is 44.1 Å². The second-order valence-electron chi connectivity index (χ2n) is 6.51. The van der Waals surface area contributed by atoms with E-state index in [4.69, 9.17) is 4.74 Å². The lowest BCUT2D eigenvalue weighted by atomic mass is 9.74. The minimum absolute atomic E-state index is 0.00593. The Kier molecular flexibility index (Phi) is 4.71. The van der Waals surface area contributed by atoms with Crippen molar-refractivity contribution in [2.45, 2.75) is 56.8 Å². The summed E-state index contributed by atoms with van der Waals surface area (Å²) in [6, 6.07) is 2.99. The van der Waals surface area contributed by atoms with Crippen LogP contribution in [0.2, 0.25) is 0 Å². The molecule has 1 heterocycles. The monoisotopic (exact) mass is 345 g/mol. The zero-order valence-corrected chi connectivity index (χ0v) is 13.7. The fraction of sp³-hybridized carbons (Fsp3) is 0.625. The zero-order valence-electron chi connectivity index (χ0n) is 12.9. The maximum absolute atomic E-state index is 13.5. The van der Waals surface area contributed by atoms with Crippen molar-refractivity contribution in [1.29, 1.82) is 0 Å². The third kappa shape index (κ3) is 4.08. The second-order valence-corrected chi connectivity index (χ2v) is 8.36. The number of rotatable bonds is 5. The molecule has 1 aromatic rings. The molecule has 0 radical (unpaired) electrons. The van der Waals surface area contributed by atoms with Crippen molar-refractivity contribution < 1.29 is 21.9 Å². The molecule has 0 aromatic heterocycles. The highest BCUT2D eigenvalue weighted by atomic mass is 32.2. The topological polar surface area (TPSA) is 55.4 Å². The van der Waals surface area contributed by atoms with Gasteiger partial charge in [0.25, 0.3) is 0 Å². The molecule has 0 bridgehead atoms. The van der Waals surface area contributed by atoms with Crippen LogP contribution in [0, 0.1) is 11.6 Å². The average molecular weight is 345 g/mol. The maximum atomic E-state index is 13.5. The average Bonchev–Trinajstić information content (AvgIpc) is 2.46. The minimum Gasteiger partial charge on any atom is -0.371 e. The summed E-state index contributed by atoms with van der Waals surface area (Å²) in [6.07, 6.45) is 5.52. The van der Waals surface area contributed by atoms with Crippen LogP contribution in [0.3, 0.4) is 0 Å². The molecule has 0 amide bonds. The first-order chi connectivity index (χ1) is 10.9. The number of ether oxygens (including phenoxy) is 1. The third-order valence-electron chi connectivity index (χ3n) is 4.74. The lowest BCUT2D eigenvalue weighted by Gasteiger charge is -2.47. The minimum atomic E-state index is -3.61. The van der Waals surface area contributed by atoms with Gasteiger partial charge in [-0.1, -0.05) is 0 Å². The molecule has 1 atom stereocenters. The summed E-state index contributed by atoms with van der Waals surface area (Å²) in [7, 11) is -3.61. The van der Waals surface area contributed by atoms with E-state index in [0.29, 0.717) is 0 Å². The lowest BCUT2D eigenvalue weighted by molar-refractivity contribution is -0.161. The van der Waals surface area contributed by atoms with E-state index in [2.05, 4.69) is 4.72 Å². The summed E-state index contributed by atoms with van der Waals surface area (Å²) in [4.78, 5) is 0. The summed E-state index contributed by atoms with van der Waals surface area (Å²) in [5.41, 5.74) is -0.110. The molecule has 128 valence electrons. The van der Waals surface area contributed by atoms with Gasteiger partial charge in [-0.15, -0.1) is 0 Å². The van der Waals surface area contributed by atoms with Crippen LogP contribution in [-0.4, -0.2) is 25.9 Å². The standard InChI is InChI=1S/C16H21F2NO3S/c17-13-4-5-15(18)12(9-13)10-19-23(20,21)11-14-3-1-6-16(22-14)7-2-8-16/h4-5,9,14,19H,1-3,6-8,10-11H2. The van der Waals surface area contributed by atoms with Gasteiger partial charge in [-0.3, -0.25) is 0 Å². The van der Waals surface area contributed by atoms with Gasteiger partial charge in [0.1, 0.15) is 11.6 Å². The third-order valence-corrected chi connectivity index (χ3v) is 6.13. The first kappa shape index (κ1) is 16.8. The number of hydrogen-bond acceptors (Lipinski definition) is 3. The first-order valence-corrected chi connectivity index (χ1v) is 9.62. The van der Waals surface area contributed by atoms with E-state index in [0.717, 1.165) is 56.7 Å². The summed E-state index contributed by atoms with van der Waals surface area (Å²) >= 11 is 0. The van der Waals surface area contributed by atoms with Gasteiger partial charge in [0.2, 0.25) is 10.0 Å². The molecule has 23 heavy (non-hydrogen) atoms. The van der Waals surface area contributed by atoms with E-state index in [-0.39, 0.29) is 29.6 Å². The maximum Gasteiger partial charge on any atom is 0.214 e. The van der Waals surface area contributed by atoms with Crippen molar-refractivity contribution in [3.63, 3.8) is 0 Å². The molecule has 4 nitrogen and oxygen atoms in total. The van der Waals surface area contributed by atoms with E-state index in [1.165, 1.54) is 0 Å². The number of sulfonamides is 1. The van der Waals surface area contributed by atoms with Gasteiger partial charge in [0.05, 0.1) is 17.5 Å². The highest BCUT2D eigenvalue weighted by Crippen LogP contribution is 2.44. The Balaban J connectivity index is 1.57. The zero-order chi connectivity index (χ0) is 16.5. The van der Waals surface area contributed by atoms with E-state index in [1.54, 1.807) is 0 Å². The van der Waals surface area contributed by atoms with E-state index < -0.39 is 21.7 Å². The van der Waals surface area contributed by atoms with Gasteiger partial charge in [-0.25, -0.2) is 21.9 Å². The van der Waals surface area contributed by atoms with Crippen molar-refractivity contribution in [2.24, 2.45) is 0 Å². The van der Waals surface area contributed by atoms with Gasteiger partial charge in [0.15, 0.2) is 0 Å². The van der Waals surface area contributed by atoms with Crippen LogP contribution in [0.4, 0.5) is 8.78 Å². The smallest absolute Gasteiger partial charge is 0.214 e. The van der Waals surface area contributed by atoms with Crippen molar-refractivity contribution in [2.75, 3.05) is 5.75 Å². The van der Waals surface area contributed by atoms with Crippen LogP contribution >= 0.6 is 0 Å². The molecule has 1 saturated heterocycles. The van der Waals surface area contributed by atoms with Crippen molar-refractivity contribution in [1.82, 2.24) is 4.72 Å². The summed E-state index contributed by atoms with van der Waals surface area (Å²) in [5, 5.41) is 0. The van der Waals surface area contributed by atoms with Gasteiger partial charge in [-0.05, 0) is 56.7 Å². The Bertz CT molecular complexity index is 674. The van der Waals surface area contributed by atoms with Gasteiger partial charge in [0, 0.05) is 12.1 Å². The lowest BCUT2D eigenvalue weighted by Crippen LogP contribution is -2.48. The number of hydrogen-bond donors (Lipinski definition) is 1. The van der Waals surface area contributed by atoms with Crippen LogP contribution in [-0.2, 0) is 21.3 Å². The van der Waals surface area contributed by atoms with Crippen molar-refractivity contribution in [3.05, 3.63) is 35.4 Å². The molecule has 1 saturated carbocycles. The van der Waals surface area contributed by atoms with Crippen LogP contribution in [0.5, 0.6) is 0 Å². The molecule has 1 spiro atoms. The predicted octanol–water partition coefficient (Wildman–Crippen LogP) is 2.88. The van der Waals surface area contributed by atoms with E-state index in [9.17, 15) is 17.2 Å². The molecule has 1 aliphatic heterocycles. The first-order valence-electron chi connectivity index (χ1n) is 7.97. The van der Waals surface area contributed by atoms with Crippen LogP contribution in [0.15, 0.2) is 18.2 Å². The molecule has 1 N–H and O–H groups in total. The van der Waals surface area contributed by atoms with Crippen molar-refractivity contribution in [3.8, 4) is 0 Å².